The van der Waals surface area contributed by atoms with Gasteiger partial charge in [0.05, 0.1) is 16.4 Å². The van der Waals surface area contributed by atoms with E-state index < -0.39 is 11.9 Å². The predicted octanol–water partition coefficient (Wildman–Crippen LogP) is 1.20. The van der Waals surface area contributed by atoms with Gasteiger partial charge in [-0.3, -0.25) is 9.48 Å². The zero-order chi connectivity index (χ0) is 10.2. The molecule has 0 radical (unpaired) electrons. The molecule has 0 aromatic carbocycles. The average Bonchev–Trinajstić information content (AvgIpc) is 2.31. The number of aromatic nitrogens is 2. The van der Waals surface area contributed by atoms with Crippen molar-refractivity contribution in [3.63, 3.8) is 0 Å². The summed E-state index contributed by atoms with van der Waals surface area (Å²) in [5, 5.41) is 4.71. The van der Waals surface area contributed by atoms with Gasteiger partial charge in [0, 0.05) is 0 Å². The normalized spacial score (nSPS) is 12.9. The molecule has 0 bridgehead atoms. The number of carbonyl (C=O) groups excluding carboxylic acids is 1. The number of nitrogens with zero attached hydrogens (tertiary/aromatic N) is 2. The summed E-state index contributed by atoms with van der Waals surface area (Å²) in [6.45, 7) is 5.29. The summed E-state index contributed by atoms with van der Waals surface area (Å²) in [7, 11) is 0. The van der Waals surface area contributed by atoms with Crippen molar-refractivity contribution in [3.8, 4) is 0 Å². The van der Waals surface area contributed by atoms with E-state index in [0.717, 1.165) is 5.69 Å². The van der Waals surface area contributed by atoms with Crippen molar-refractivity contribution in [1.82, 2.24) is 9.78 Å². The summed E-state index contributed by atoms with van der Waals surface area (Å²) < 4.78 is 1.54. The molecule has 1 heterocycles. The van der Waals surface area contributed by atoms with Gasteiger partial charge >= 0.3 is 0 Å². The minimum Gasteiger partial charge on any atom is -0.368 e. The lowest BCUT2D eigenvalue weighted by molar-refractivity contribution is -0.121. The Morgan fingerprint density at radius 2 is 2.15 bits per heavy atom. The van der Waals surface area contributed by atoms with Crippen molar-refractivity contribution >= 4 is 17.5 Å². The molecule has 1 rings (SSSR count). The minimum atomic E-state index is -0.453. The molecule has 0 saturated heterocycles. The van der Waals surface area contributed by atoms with E-state index in [2.05, 4.69) is 5.10 Å². The SMILES string of the molecule is Cc1nn(C(C)C(N)=O)c(C)c1Cl. The maximum Gasteiger partial charge on any atom is 0.242 e. The van der Waals surface area contributed by atoms with Crippen LogP contribution in [0.5, 0.6) is 0 Å². The lowest BCUT2D eigenvalue weighted by Crippen LogP contribution is -2.25. The molecule has 5 heteroatoms. The van der Waals surface area contributed by atoms with Crippen LogP contribution >= 0.6 is 11.6 Å². The van der Waals surface area contributed by atoms with Gasteiger partial charge in [0.25, 0.3) is 0 Å². The first-order chi connectivity index (χ1) is 5.95. The first kappa shape index (κ1) is 10.1. The van der Waals surface area contributed by atoms with E-state index in [9.17, 15) is 4.79 Å². The van der Waals surface area contributed by atoms with Crippen LogP contribution in [0.1, 0.15) is 24.4 Å². The summed E-state index contributed by atoms with van der Waals surface area (Å²) in [4.78, 5) is 10.9. The lowest BCUT2D eigenvalue weighted by Gasteiger charge is -2.09. The zero-order valence-electron chi connectivity index (χ0n) is 7.84. The van der Waals surface area contributed by atoms with Crippen molar-refractivity contribution in [2.45, 2.75) is 26.8 Å². The number of carbonyl (C=O) groups is 1. The second-order valence-electron chi connectivity index (χ2n) is 3.01. The summed E-state index contributed by atoms with van der Waals surface area (Å²) in [5.74, 6) is -0.415. The van der Waals surface area contributed by atoms with Gasteiger partial charge in [0.2, 0.25) is 5.91 Å². The molecule has 72 valence electrons. The second kappa shape index (κ2) is 3.38. The molecule has 0 aliphatic heterocycles. The zero-order valence-corrected chi connectivity index (χ0v) is 8.59. The molecule has 0 aliphatic carbocycles. The van der Waals surface area contributed by atoms with Gasteiger partial charge in [-0.2, -0.15) is 5.10 Å². The van der Waals surface area contributed by atoms with Crippen molar-refractivity contribution < 1.29 is 4.79 Å². The molecule has 0 aliphatic rings. The number of primary amides is 1. The van der Waals surface area contributed by atoms with Crippen LogP contribution in [0.15, 0.2) is 0 Å². The maximum absolute atomic E-state index is 10.9. The third kappa shape index (κ3) is 1.67. The number of hydrogen-bond donors (Lipinski definition) is 1. The Hall–Kier alpha value is -1.03. The van der Waals surface area contributed by atoms with Crippen molar-refractivity contribution in [1.29, 1.82) is 0 Å². The van der Waals surface area contributed by atoms with Gasteiger partial charge in [0.15, 0.2) is 0 Å². The largest absolute Gasteiger partial charge is 0.368 e. The number of hydrogen-bond acceptors (Lipinski definition) is 2. The van der Waals surface area contributed by atoms with Gasteiger partial charge < -0.3 is 5.73 Å². The molecule has 2 N–H and O–H groups in total. The standard InChI is InChI=1S/C8H12ClN3O/c1-4-7(9)5(2)12(11-4)6(3)8(10)13/h6H,1-3H3,(H2,10,13). The summed E-state index contributed by atoms with van der Waals surface area (Å²) in [6, 6.07) is -0.453. The Bertz CT molecular complexity index is 345. The van der Waals surface area contributed by atoms with E-state index in [1.165, 1.54) is 0 Å². The molecular weight excluding hydrogens is 190 g/mol. The van der Waals surface area contributed by atoms with Gasteiger partial charge in [-0.05, 0) is 20.8 Å². The van der Waals surface area contributed by atoms with E-state index >= 15 is 0 Å². The third-order valence-corrected chi connectivity index (χ3v) is 2.56. The van der Waals surface area contributed by atoms with Crippen LogP contribution in [0.4, 0.5) is 0 Å². The van der Waals surface area contributed by atoms with Crippen molar-refractivity contribution in [2.75, 3.05) is 0 Å². The highest BCUT2D eigenvalue weighted by molar-refractivity contribution is 6.31. The summed E-state index contributed by atoms with van der Waals surface area (Å²) >= 11 is 5.91. The molecule has 13 heavy (non-hydrogen) atoms. The van der Waals surface area contributed by atoms with Crippen LogP contribution in [0, 0.1) is 13.8 Å². The Morgan fingerprint density at radius 3 is 2.46 bits per heavy atom. The smallest absolute Gasteiger partial charge is 0.242 e. The highest BCUT2D eigenvalue weighted by Gasteiger charge is 2.17. The molecule has 1 unspecified atom stereocenters. The fraction of sp³-hybridized carbons (Fsp3) is 0.500. The van der Waals surface area contributed by atoms with Crippen LogP contribution in [0.3, 0.4) is 0 Å². The fourth-order valence-electron chi connectivity index (χ4n) is 1.14. The molecule has 0 spiro atoms. The highest BCUT2D eigenvalue weighted by atomic mass is 35.5. The van der Waals surface area contributed by atoms with E-state index in [1.54, 1.807) is 18.5 Å². The van der Waals surface area contributed by atoms with Crippen LogP contribution in [0.25, 0.3) is 0 Å². The van der Waals surface area contributed by atoms with Crippen LogP contribution in [-0.4, -0.2) is 15.7 Å². The van der Waals surface area contributed by atoms with Crippen LogP contribution in [-0.2, 0) is 4.79 Å². The lowest BCUT2D eigenvalue weighted by atomic mass is 10.3. The molecule has 0 saturated carbocycles. The monoisotopic (exact) mass is 201 g/mol. The van der Waals surface area contributed by atoms with Crippen molar-refractivity contribution in [2.24, 2.45) is 5.73 Å². The Morgan fingerprint density at radius 1 is 1.62 bits per heavy atom. The maximum atomic E-state index is 10.9. The topological polar surface area (TPSA) is 60.9 Å². The molecule has 1 aromatic rings. The molecular formula is C8H12ClN3O. The molecule has 1 amide bonds. The number of amides is 1. The van der Waals surface area contributed by atoms with Crippen LogP contribution < -0.4 is 5.73 Å². The third-order valence-electron chi connectivity index (χ3n) is 2.02. The minimum absolute atomic E-state index is 0.415. The van der Waals surface area contributed by atoms with Crippen molar-refractivity contribution in [3.05, 3.63) is 16.4 Å². The van der Waals surface area contributed by atoms with E-state index in [0.29, 0.717) is 10.7 Å². The first-order valence-corrected chi connectivity index (χ1v) is 4.33. The number of aryl methyl sites for hydroxylation is 1. The van der Waals surface area contributed by atoms with Gasteiger partial charge in [-0.1, -0.05) is 11.6 Å². The summed E-state index contributed by atoms with van der Waals surface area (Å²) in [6.07, 6.45) is 0. The van der Waals surface area contributed by atoms with E-state index in [1.807, 2.05) is 6.92 Å². The Kier molecular flexibility index (Phi) is 2.61. The number of nitrogens with two attached hydrogens (primary N) is 1. The predicted molar refractivity (Wildman–Crippen MR) is 50.6 cm³/mol. The van der Waals surface area contributed by atoms with Gasteiger partial charge in [-0.25, -0.2) is 0 Å². The quantitative estimate of drug-likeness (QED) is 0.782. The van der Waals surface area contributed by atoms with Crippen LogP contribution in [0.2, 0.25) is 5.02 Å². The Balaban J connectivity index is 3.15. The second-order valence-corrected chi connectivity index (χ2v) is 3.39. The van der Waals surface area contributed by atoms with E-state index in [4.69, 9.17) is 17.3 Å². The van der Waals surface area contributed by atoms with Gasteiger partial charge in [0.1, 0.15) is 6.04 Å². The first-order valence-electron chi connectivity index (χ1n) is 3.95. The molecule has 0 fully saturated rings. The van der Waals surface area contributed by atoms with E-state index in [-0.39, 0.29) is 0 Å². The summed E-state index contributed by atoms with van der Waals surface area (Å²) in [5.41, 5.74) is 6.64. The number of rotatable bonds is 2. The molecule has 4 nitrogen and oxygen atoms in total. The van der Waals surface area contributed by atoms with Gasteiger partial charge in [-0.15, -0.1) is 0 Å². The highest BCUT2D eigenvalue weighted by Crippen LogP contribution is 2.21. The fourth-order valence-corrected chi connectivity index (χ4v) is 1.26. The number of halogens is 1. The molecule has 1 aromatic heterocycles. The average molecular weight is 202 g/mol. The molecule has 1 atom stereocenters. The Labute approximate surface area is 81.7 Å².